The molecule has 5 rings (SSSR count). The van der Waals surface area contributed by atoms with Crippen molar-refractivity contribution in [2.75, 3.05) is 21.9 Å². The Morgan fingerprint density at radius 2 is 1.82 bits per heavy atom. The number of para-hydroxylation sites is 1. The Morgan fingerprint density at radius 1 is 1.08 bits per heavy atom. The van der Waals surface area contributed by atoms with Gasteiger partial charge in [-0.15, -0.1) is 6.58 Å². The molecule has 1 aliphatic rings. The number of carbonyl (C=O) groups is 1. The summed E-state index contributed by atoms with van der Waals surface area (Å²) in [5, 5.41) is 4.33. The van der Waals surface area contributed by atoms with Gasteiger partial charge in [0.2, 0.25) is 0 Å². The van der Waals surface area contributed by atoms with Gasteiger partial charge < -0.3 is 5.32 Å². The standard InChI is InChI=1S/C25H20ClN3O2S.C3H8.C3H6/c26-22-16-20(29-13-4-14-32(29)31)10-11-21(22)25(30)27-19-7-3-6-18(15-19)24-12-9-17-5-1-2-8-23(17)28-24;2*1-3-2/h1-3,5-12,15-16H,4,13-14H2,(H,27,30);3H2,1-2H3;3H,1H2,2H3. The van der Waals surface area contributed by atoms with Crippen LogP contribution >= 0.6 is 11.6 Å². The van der Waals surface area contributed by atoms with E-state index in [1.807, 2.05) is 71.9 Å². The number of carbonyl (C=O) groups excluding carboxylic acids is 1. The number of pyridine rings is 1. The molecule has 0 saturated carbocycles. The van der Waals surface area contributed by atoms with E-state index >= 15 is 0 Å². The molecule has 7 heteroatoms. The van der Waals surface area contributed by atoms with Crippen LogP contribution < -0.4 is 9.62 Å². The number of rotatable bonds is 4. The van der Waals surface area contributed by atoms with Crippen molar-refractivity contribution in [3.05, 3.63) is 102 Å². The maximum Gasteiger partial charge on any atom is 0.257 e. The van der Waals surface area contributed by atoms with Crippen molar-refractivity contribution < 1.29 is 9.00 Å². The number of hydrogen-bond acceptors (Lipinski definition) is 3. The number of nitrogens with zero attached hydrogens (tertiary/aromatic N) is 2. The van der Waals surface area contributed by atoms with Crippen LogP contribution in [0.2, 0.25) is 5.02 Å². The Kier molecular flexibility index (Phi) is 11.1. The van der Waals surface area contributed by atoms with Crippen LogP contribution in [0.4, 0.5) is 11.4 Å². The zero-order valence-electron chi connectivity index (χ0n) is 22.1. The Labute approximate surface area is 233 Å². The molecule has 1 saturated heterocycles. The summed E-state index contributed by atoms with van der Waals surface area (Å²) in [5.41, 5.74) is 4.46. The zero-order valence-corrected chi connectivity index (χ0v) is 23.7. The lowest BCUT2D eigenvalue weighted by molar-refractivity contribution is 0.102. The highest BCUT2D eigenvalue weighted by Gasteiger charge is 2.22. The first-order valence-corrected chi connectivity index (χ1v) is 14.4. The molecule has 3 aromatic carbocycles. The average molecular weight is 548 g/mol. The highest BCUT2D eigenvalue weighted by Crippen LogP contribution is 2.29. The summed E-state index contributed by atoms with van der Waals surface area (Å²) in [7, 11) is -1.03. The van der Waals surface area contributed by atoms with Crippen LogP contribution in [0.25, 0.3) is 22.2 Å². The number of amides is 1. The Morgan fingerprint density at radius 3 is 2.50 bits per heavy atom. The first kappa shape index (κ1) is 29.1. The van der Waals surface area contributed by atoms with Gasteiger partial charge in [-0.1, -0.05) is 74.3 Å². The van der Waals surface area contributed by atoms with Crippen LogP contribution in [-0.4, -0.2) is 27.4 Å². The van der Waals surface area contributed by atoms with E-state index in [9.17, 15) is 9.00 Å². The van der Waals surface area contributed by atoms with E-state index in [1.165, 1.54) is 6.42 Å². The van der Waals surface area contributed by atoms with Crippen LogP contribution in [0.1, 0.15) is 44.0 Å². The average Bonchev–Trinajstić information content (AvgIpc) is 3.35. The number of aromatic nitrogens is 1. The van der Waals surface area contributed by atoms with Crippen molar-refractivity contribution in [1.29, 1.82) is 0 Å². The molecule has 1 amide bonds. The lowest BCUT2D eigenvalue weighted by Crippen LogP contribution is -2.20. The molecule has 4 aromatic rings. The van der Waals surface area contributed by atoms with Crippen molar-refractivity contribution in [2.24, 2.45) is 0 Å². The lowest BCUT2D eigenvalue weighted by Gasteiger charge is -2.17. The molecule has 1 aromatic heterocycles. The number of halogens is 1. The molecule has 0 radical (unpaired) electrons. The monoisotopic (exact) mass is 547 g/mol. The topological polar surface area (TPSA) is 62.3 Å². The molecule has 1 atom stereocenters. The van der Waals surface area contributed by atoms with Gasteiger partial charge in [0.1, 0.15) is 11.0 Å². The largest absolute Gasteiger partial charge is 0.322 e. The summed E-state index contributed by atoms with van der Waals surface area (Å²) in [6, 6.07) is 24.7. The second-order valence-corrected chi connectivity index (χ2v) is 10.6. The molecule has 0 aliphatic carbocycles. The summed E-state index contributed by atoms with van der Waals surface area (Å²) in [5.74, 6) is 0.357. The molecule has 198 valence electrons. The molecule has 2 heterocycles. The van der Waals surface area contributed by atoms with E-state index < -0.39 is 11.0 Å². The Balaban J connectivity index is 0.000000611. The van der Waals surface area contributed by atoms with Gasteiger partial charge in [0.05, 0.1) is 27.5 Å². The minimum atomic E-state index is -1.03. The van der Waals surface area contributed by atoms with E-state index in [0.717, 1.165) is 40.8 Å². The number of anilines is 2. The second-order valence-electron chi connectivity index (χ2n) is 8.68. The maximum absolute atomic E-state index is 12.9. The van der Waals surface area contributed by atoms with Gasteiger partial charge in [-0.2, -0.15) is 0 Å². The zero-order chi connectivity index (χ0) is 27.5. The Bertz CT molecular complexity index is 1420. The van der Waals surface area contributed by atoms with Crippen LogP contribution in [-0.2, 0) is 11.0 Å². The van der Waals surface area contributed by atoms with Gasteiger partial charge in [0.15, 0.2) is 0 Å². The third kappa shape index (κ3) is 7.53. The van der Waals surface area contributed by atoms with Crippen LogP contribution in [0.3, 0.4) is 0 Å². The maximum atomic E-state index is 12.9. The number of nitrogens with one attached hydrogen (secondary N) is 1. The summed E-state index contributed by atoms with van der Waals surface area (Å²) < 4.78 is 13.9. The van der Waals surface area contributed by atoms with Gasteiger partial charge in [0.25, 0.3) is 5.91 Å². The molecule has 0 bridgehead atoms. The fourth-order valence-corrected chi connectivity index (χ4v) is 5.35. The summed E-state index contributed by atoms with van der Waals surface area (Å²) in [6.45, 7) is 10.2. The SMILES string of the molecule is C=CC.CCC.O=C(Nc1cccc(-c2ccc3ccccc3n2)c1)c1ccc(N2CCCS2=O)cc1Cl. The first-order valence-electron chi connectivity index (χ1n) is 12.7. The predicted molar refractivity (Wildman–Crippen MR) is 163 cm³/mol. The van der Waals surface area contributed by atoms with Gasteiger partial charge in [-0.3, -0.25) is 9.10 Å². The van der Waals surface area contributed by atoms with Gasteiger partial charge in [0, 0.05) is 28.9 Å². The number of benzene rings is 3. The molecule has 1 unspecified atom stereocenters. The molecule has 38 heavy (non-hydrogen) atoms. The van der Waals surface area contributed by atoms with Crippen LogP contribution in [0, 0.1) is 0 Å². The van der Waals surface area contributed by atoms with E-state index in [-0.39, 0.29) is 5.91 Å². The summed E-state index contributed by atoms with van der Waals surface area (Å²) in [4.78, 5) is 17.6. The normalized spacial score (nSPS) is 14.1. The van der Waals surface area contributed by atoms with Crippen molar-refractivity contribution in [1.82, 2.24) is 4.98 Å². The number of allylic oxidation sites excluding steroid dienone is 1. The third-order valence-corrected chi connectivity index (χ3v) is 7.26. The first-order chi connectivity index (χ1) is 18.4. The fraction of sp³-hybridized carbons (Fsp3) is 0.226. The predicted octanol–water partition coefficient (Wildman–Crippen LogP) is 8.29. The minimum absolute atomic E-state index is 0.298. The molecular weight excluding hydrogens is 514 g/mol. The van der Waals surface area contributed by atoms with Crippen molar-refractivity contribution in [2.45, 2.75) is 33.6 Å². The van der Waals surface area contributed by atoms with E-state index in [4.69, 9.17) is 16.6 Å². The van der Waals surface area contributed by atoms with Crippen molar-refractivity contribution >= 4 is 50.8 Å². The van der Waals surface area contributed by atoms with E-state index in [0.29, 0.717) is 22.0 Å². The minimum Gasteiger partial charge on any atom is -0.322 e. The molecule has 1 aliphatic heterocycles. The number of hydrogen-bond donors (Lipinski definition) is 1. The van der Waals surface area contributed by atoms with E-state index in [2.05, 4.69) is 25.7 Å². The van der Waals surface area contributed by atoms with Crippen LogP contribution in [0.5, 0.6) is 0 Å². The van der Waals surface area contributed by atoms with Gasteiger partial charge >= 0.3 is 0 Å². The highest BCUT2D eigenvalue weighted by molar-refractivity contribution is 7.86. The third-order valence-electron chi connectivity index (χ3n) is 5.43. The summed E-state index contributed by atoms with van der Waals surface area (Å²) >= 11 is 6.40. The molecule has 0 spiro atoms. The number of fused-ring (bicyclic) bond motifs is 1. The van der Waals surface area contributed by atoms with Crippen molar-refractivity contribution in [3.63, 3.8) is 0 Å². The Hall–Kier alpha value is -3.48. The highest BCUT2D eigenvalue weighted by atomic mass is 35.5. The lowest BCUT2D eigenvalue weighted by atomic mass is 10.1. The van der Waals surface area contributed by atoms with Crippen molar-refractivity contribution in [3.8, 4) is 11.3 Å². The molecule has 1 N–H and O–H groups in total. The van der Waals surface area contributed by atoms with E-state index in [1.54, 1.807) is 24.3 Å². The fourth-order valence-electron chi connectivity index (χ4n) is 3.82. The summed E-state index contributed by atoms with van der Waals surface area (Å²) in [6.07, 6.45) is 3.88. The molecule has 5 nitrogen and oxygen atoms in total. The molecule has 1 fully saturated rings. The quantitative estimate of drug-likeness (QED) is 0.261. The molecular formula is C31H34ClN3O2S. The van der Waals surface area contributed by atoms with Crippen LogP contribution in [0.15, 0.2) is 91.5 Å². The second kappa shape index (κ2) is 14.5. The van der Waals surface area contributed by atoms with Gasteiger partial charge in [-0.25, -0.2) is 9.19 Å². The van der Waals surface area contributed by atoms with Gasteiger partial charge in [-0.05, 0) is 55.8 Å². The smallest absolute Gasteiger partial charge is 0.257 e.